The summed E-state index contributed by atoms with van der Waals surface area (Å²) in [4.78, 5) is 25.4. The first-order valence-electron chi connectivity index (χ1n) is 11.6. The summed E-state index contributed by atoms with van der Waals surface area (Å²) in [7, 11) is 0. The van der Waals surface area contributed by atoms with Gasteiger partial charge in [-0.1, -0.05) is 41.9 Å². The highest BCUT2D eigenvalue weighted by Gasteiger charge is 2.34. The summed E-state index contributed by atoms with van der Waals surface area (Å²) in [6.45, 7) is 6.80. The van der Waals surface area contributed by atoms with E-state index in [1.165, 1.54) is 11.1 Å². The molecule has 1 heterocycles. The van der Waals surface area contributed by atoms with Crippen LogP contribution >= 0.6 is 11.6 Å². The Morgan fingerprint density at radius 3 is 2.42 bits per heavy atom. The van der Waals surface area contributed by atoms with E-state index in [2.05, 4.69) is 5.43 Å². The molecule has 1 aliphatic heterocycles. The van der Waals surface area contributed by atoms with Gasteiger partial charge in [-0.2, -0.15) is 0 Å². The summed E-state index contributed by atoms with van der Waals surface area (Å²) in [6.07, 6.45) is 1.49. The van der Waals surface area contributed by atoms with E-state index in [1.54, 1.807) is 36.4 Å². The van der Waals surface area contributed by atoms with Crippen molar-refractivity contribution in [2.75, 3.05) is 24.8 Å². The standard InChI is InChI=1S/C28H27ClN2O5/c1-4-34-25-17-20(15-22-27(32)30-31(28(22)33)21-8-6-5-7-9-21)16-23(29)26(25)36-13-12-35-24-14-18(2)10-11-19(24)3/h5-11,14-17H,4,12-13H2,1-3H3,(H,30,32). The number of anilines is 1. The van der Waals surface area contributed by atoms with Gasteiger partial charge >= 0.3 is 0 Å². The van der Waals surface area contributed by atoms with Crippen LogP contribution in [-0.2, 0) is 9.59 Å². The van der Waals surface area contributed by atoms with Crippen LogP contribution in [0.2, 0.25) is 5.02 Å². The Morgan fingerprint density at radius 1 is 0.917 bits per heavy atom. The number of para-hydroxylation sites is 1. The molecule has 7 nitrogen and oxygen atoms in total. The second kappa shape index (κ2) is 11.2. The maximum atomic E-state index is 12.9. The Labute approximate surface area is 215 Å². The lowest BCUT2D eigenvalue weighted by Crippen LogP contribution is -2.35. The summed E-state index contributed by atoms with van der Waals surface area (Å²) in [5, 5.41) is 1.51. The van der Waals surface area contributed by atoms with Crippen molar-refractivity contribution in [3.05, 3.63) is 87.9 Å². The van der Waals surface area contributed by atoms with Gasteiger partial charge in [0.2, 0.25) is 0 Å². The van der Waals surface area contributed by atoms with Gasteiger partial charge in [0.1, 0.15) is 24.5 Å². The van der Waals surface area contributed by atoms with Crippen molar-refractivity contribution >= 4 is 35.2 Å². The predicted molar refractivity (Wildman–Crippen MR) is 140 cm³/mol. The minimum Gasteiger partial charge on any atom is -0.490 e. The van der Waals surface area contributed by atoms with Crippen LogP contribution in [0.4, 0.5) is 5.69 Å². The number of aryl methyl sites for hydroxylation is 2. The van der Waals surface area contributed by atoms with Gasteiger partial charge in [-0.05, 0) is 73.9 Å². The van der Waals surface area contributed by atoms with Crippen LogP contribution in [0.3, 0.4) is 0 Å². The van der Waals surface area contributed by atoms with Crippen molar-refractivity contribution in [3.63, 3.8) is 0 Å². The van der Waals surface area contributed by atoms with E-state index in [0.29, 0.717) is 41.0 Å². The minimum atomic E-state index is -0.498. The molecule has 3 aromatic carbocycles. The third-order valence-electron chi connectivity index (χ3n) is 5.48. The Bertz CT molecular complexity index is 1310. The number of carbonyl (C=O) groups excluding carboxylic acids is 2. The zero-order valence-corrected chi connectivity index (χ0v) is 21.1. The molecule has 0 atom stereocenters. The van der Waals surface area contributed by atoms with Gasteiger partial charge in [-0.15, -0.1) is 0 Å². The molecule has 3 aromatic rings. The van der Waals surface area contributed by atoms with Gasteiger partial charge in [-0.25, -0.2) is 5.01 Å². The van der Waals surface area contributed by atoms with Crippen molar-refractivity contribution in [1.29, 1.82) is 0 Å². The van der Waals surface area contributed by atoms with E-state index in [9.17, 15) is 9.59 Å². The van der Waals surface area contributed by atoms with E-state index in [4.69, 9.17) is 25.8 Å². The Kier molecular flexibility index (Phi) is 7.80. The zero-order chi connectivity index (χ0) is 25.7. The molecule has 0 bridgehead atoms. The second-order valence-corrected chi connectivity index (χ2v) is 8.61. The molecule has 0 saturated carbocycles. The van der Waals surface area contributed by atoms with Gasteiger partial charge in [0.25, 0.3) is 11.8 Å². The third-order valence-corrected chi connectivity index (χ3v) is 5.76. The lowest BCUT2D eigenvalue weighted by molar-refractivity contribution is -0.117. The molecule has 2 amide bonds. The molecular formula is C28H27ClN2O5. The van der Waals surface area contributed by atoms with Gasteiger partial charge in [0, 0.05) is 0 Å². The van der Waals surface area contributed by atoms with Crippen molar-refractivity contribution in [2.45, 2.75) is 20.8 Å². The molecule has 1 fully saturated rings. The number of hydrogen-bond donors (Lipinski definition) is 1. The normalized spacial score (nSPS) is 14.2. The van der Waals surface area contributed by atoms with Crippen LogP contribution in [0.1, 0.15) is 23.6 Å². The number of hydrogen-bond acceptors (Lipinski definition) is 5. The van der Waals surface area contributed by atoms with Gasteiger partial charge in [0.05, 0.1) is 17.3 Å². The van der Waals surface area contributed by atoms with Crippen LogP contribution in [0, 0.1) is 13.8 Å². The number of halogens is 1. The first-order chi connectivity index (χ1) is 17.4. The van der Waals surface area contributed by atoms with Crippen LogP contribution in [-0.4, -0.2) is 31.6 Å². The zero-order valence-electron chi connectivity index (χ0n) is 20.3. The van der Waals surface area contributed by atoms with E-state index in [1.807, 2.05) is 45.0 Å². The largest absolute Gasteiger partial charge is 0.490 e. The highest BCUT2D eigenvalue weighted by atomic mass is 35.5. The molecule has 1 saturated heterocycles. The molecule has 4 rings (SSSR count). The summed E-state index contributed by atoms with van der Waals surface area (Å²) < 4.78 is 17.5. The van der Waals surface area contributed by atoms with Crippen molar-refractivity contribution in [3.8, 4) is 17.2 Å². The number of nitrogens with one attached hydrogen (secondary N) is 1. The van der Waals surface area contributed by atoms with Crippen molar-refractivity contribution in [2.24, 2.45) is 0 Å². The molecule has 0 aromatic heterocycles. The van der Waals surface area contributed by atoms with Crippen molar-refractivity contribution < 1.29 is 23.8 Å². The molecule has 0 unspecified atom stereocenters. The summed E-state index contributed by atoms with van der Waals surface area (Å²) in [5.41, 5.74) is 5.84. The smallest absolute Gasteiger partial charge is 0.282 e. The fourth-order valence-corrected chi connectivity index (χ4v) is 3.99. The first-order valence-corrected chi connectivity index (χ1v) is 12.0. The average Bonchev–Trinajstić information content (AvgIpc) is 3.14. The number of carbonyl (C=O) groups is 2. The van der Waals surface area contributed by atoms with Crippen molar-refractivity contribution in [1.82, 2.24) is 5.43 Å². The van der Waals surface area contributed by atoms with Gasteiger partial charge in [0.15, 0.2) is 11.5 Å². The lowest BCUT2D eigenvalue weighted by Gasteiger charge is -2.15. The molecule has 1 N–H and O–H groups in total. The fraction of sp³-hybridized carbons (Fsp3) is 0.214. The molecule has 0 aliphatic carbocycles. The maximum Gasteiger partial charge on any atom is 0.282 e. The molecule has 36 heavy (non-hydrogen) atoms. The number of nitrogens with zero attached hydrogens (tertiary/aromatic N) is 1. The summed E-state index contributed by atoms with van der Waals surface area (Å²) in [6, 6.07) is 18.2. The topological polar surface area (TPSA) is 77.1 Å². The molecule has 0 spiro atoms. The fourth-order valence-electron chi connectivity index (χ4n) is 3.72. The Hall–Kier alpha value is -3.97. The van der Waals surface area contributed by atoms with Gasteiger partial charge in [-0.3, -0.25) is 15.0 Å². The molecule has 1 aliphatic rings. The number of amides is 2. The highest BCUT2D eigenvalue weighted by molar-refractivity contribution is 6.33. The monoisotopic (exact) mass is 506 g/mol. The minimum absolute atomic E-state index is 0.00652. The number of benzene rings is 3. The first kappa shape index (κ1) is 25.1. The maximum absolute atomic E-state index is 12.9. The van der Waals surface area contributed by atoms with Crippen LogP contribution < -0.4 is 24.6 Å². The Morgan fingerprint density at radius 2 is 1.67 bits per heavy atom. The molecule has 8 heteroatoms. The highest BCUT2D eigenvalue weighted by Crippen LogP contribution is 2.37. The van der Waals surface area contributed by atoms with Crippen LogP contribution in [0.5, 0.6) is 17.2 Å². The lowest BCUT2D eigenvalue weighted by atomic mass is 10.1. The van der Waals surface area contributed by atoms with E-state index in [0.717, 1.165) is 16.9 Å². The molecule has 186 valence electrons. The van der Waals surface area contributed by atoms with Crippen LogP contribution in [0.15, 0.2) is 66.2 Å². The predicted octanol–water partition coefficient (Wildman–Crippen LogP) is 5.27. The van der Waals surface area contributed by atoms with E-state index in [-0.39, 0.29) is 12.2 Å². The SMILES string of the molecule is CCOc1cc(C=C2C(=O)NN(c3ccccc3)C2=O)cc(Cl)c1OCCOc1cc(C)ccc1C. The third kappa shape index (κ3) is 5.63. The number of hydrazine groups is 1. The molecular weight excluding hydrogens is 480 g/mol. The number of ether oxygens (including phenoxy) is 3. The second-order valence-electron chi connectivity index (χ2n) is 8.20. The molecule has 0 radical (unpaired) electrons. The average molecular weight is 507 g/mol. The summed E-state index contributed by atoms with van der Waals surface area (Å²) in [5.74, 6) is 0.638. The van der Waals surface area contributed by atoms with Crippen LogP contribution in [0.25, 0.3) is 6.08 Å². The van der Waals surface area contributed by atoms with Gasteiger partial charge < -0.3 is 14.2 Å². The Balaban J connectivity index is 1.50. The number of rotatable bonds is 9. The van der Waals surface area contributed by atoms with E-state index >= 15 is 0 Å². The van der Waals surface area contributed by atoms with E-state index < -0.39 is 11.8 Å². The quantitative estimate of drug-likeness (QED) is 0.243. The summed E-state index contributed by atoms with van der Waals surface area (Å²) >= 11 is 6.52.